The van der Waals surface area contributed by atoms with E-state index in [1.165, 1.54) is 19.3 Å². The number of fused-ring (bicyclic) bond motifs is 2. The number of nitrogens with one attached hydrogen (secondary N) is 3. The van der Waals surface area contributed by atoms with Crippen molar-refractivity contribution in [2.24, 2.45) is 5.92 Å². The van der Waals surface area contributed by atoms with E-state index in [-0.39, 0.29) is 11.9 Å². The summed E-state index contributed by atoms with van der Waals surface area (Å²) in [5, 5.41) is 0. The van der Waals surface area contributed by atoms with Crippen molar-refractivity contribution in [3.63, 3.8) is 0 Å². The first-order valence-electron chi connectivity index (χ1n) is 9.50. The normalized spacial score (nSPS) is 29.2. The number of nitrogens with zero attached hydrogens (tertiary/aromatic N) is 5. The van der Waals surface area contributed by atoms with E-state index in [0.717, 1.165) is 30.8 Å². The molecule has 3 N–H and O–H groups in total. The van der Waals surface area contributed by atoms with Crippen LogP contribution in [0.15, 0.2) is 12.7 Å². The molecule has 5 rings (SSSR count). The highest BCUT2D eigenvalue weighted by atomic mass is 16.2. The zero-order chi connectivity index (χ0) is 17.5. The summed E-state index contributed by atoms with van der Waals surface area (Å²) in [5.41, 5.74) is 8.15. The van der Waals surface area contributed by atoms with Gasteiger partial charge in [0.1, 0.15) is 17.9 Å². The minimum absolute atomic E-state index is 0.0785. The number of aromatic nitrogens is 4. The van der Waals surface area contributed by atoms with Crippen molar-refractivity contribution in [3.05, 3.63) is 12.7 Å². The second-order valence-corrected chi connectivity index (χ2v) is 7.43. The van der Waals surface area contributed by atoms with Crippen molar-refractivity contribution < 1.29 is 4.79 Å². The highest BCUT2D eigenvalue weighted by molar-refractivity contribution is 5.84. The molecule has 4 heterocycles. The molecule has 3 atom stereocenters. The lowest BCUT2D eigenvalue weighted by molar-refractivity contribution is -0.134. The number of piperazine rings is 1. The van der Waals surface area contributed by atoms with Crippen molar-refractivity contribution >= 4 is 22.9 Å². The van der Waals surface area contributed by atoms with Crippen molar-refractivity contribution in [2.75, 3.05) is 31.1 Å². The third-order valence-corrected chi connectivity index (χ3v) is 6.03. The molecule has 0 aromatic carbocycles. The molecule has 3 aliphatic rings. The molecule has 9 heteroatoms. The Morgan fingerprint density at radius 3 is 2.77 bits per heavy atom. The molecule has 0 radical (unpaired) electrons. The number of anilines is 1. The van der Waals surface area contributed by atoms with Gasteiger partial charge in [0.05, 0.1) is 6.33 Å². The van der Waals surface area contributed by atoms with Crippen LogP contribution in [0.25, 0.3) is 11.2 Å². The van der Waals surface area contributed by atoms with Gasteiger partial charge >= 0.3 is 0 Å². The quantitative estimate of drug-likeness (QED) is 0.698. The number of hydrazine groups is 1. The van der Waals surface area contributed by atoms with Crippen LogP contribution in [0.5, 0.6) is 0 Å². The lowest BCUT2D eigenvalue weighted by Crippen LogP contribution is -2.55. The molecule has 3 fully saturated rings. The second-order valence-electron chi connectivity index (χ2n) is 7.43. The van der Waals surface area contributed by atoms with E-state index in [1.54, 1.807) is 12.7 Å². The van der Waals surface area contributed by atoms with Gasteiger partial charge in [0.25, 0.3) is 0 Å². The van der Waals surface area contributed by atoms with Crippen LogP contribution in [-0.2, 0) is 4.79 Å². The zero-order valence-corrected chi connectivity index (χ0v) is 14.7. The fourth-order valence-electron chi connectivity index (χ4n) is 4.61. The average Bonchev–Trinajstić information content (AvgIpc) is 3.34. The molecular formula is C17H24N8O. The monoisotopic (exact) mass is 356 g/mol. The largest absolute Gasteiger partial charge is 0.351 e. The maximum Gasteiger partial charge on any atom is 0.241 e. The van der Waals surface area contributed by atoms with Gasteiger partial charge < -0.3 is 14.8 Å². The van der Waals surface area contributed by atoms with Gasteiger partial charge in [0, 0.05) is 38.1 Å². The van der Waals surface area contributed by atoms with Crippen LogP contribution in [0, 0.1) is 5.92 Å². The summed E-state index contributed by atoms with van der Waals surface area (Å²) in [5.74, 6) is 1.54. The van der Waals surface area contributed by atoms with Gasteiger partial charge in [0.15, 0.2) is 11.5 Å². The number of hydrogen-bond donors (Lipinski definition) is 3. The fourth-order valence-corrected chi connectivity index (χ4v) is 4.61. The first kappa shape index (κ1) is 16.0. The number of imidazole rings is 1. The van der Waals surface area contributed by atoms with Crippen LogP contribution < -0.4 is 15.8 Å². The summed E-state index contributed by atoms with van der Waals surface area (Å²) < 4.78 is 0. The molecule has 1 saturated carbocycles. The Labute approximate surface area is 151 Å². The summed E-state index contributed by atoms with van der Waals surface area (Å²) >= 11 is 0. The Morgan fingerprint density at radius 2 is 1.88 bits per heavy atom. The molecule has 2 saturated heterocycles. The first-order valence-corrected chi connectivity index (χ1v) is 9.50. The van der Waals surface area contributed by atoms with E-state index in [9.17, 15) is 4.79 Å². The van der Waals surface area contributed by atoms with Crippen LogP contribution in [-0.4, -0.2) is 69.0 Å². The number of hydrogen-bond acceptors (Lipinski definition) is 7. The van der Waals surface area contributed by atoms with Crippen molar-refractivity contribution in [2.45, 2.75) is 37.8 Å². The lowest BCUT2D eigenvalue weighted by Gasteiger charge is -2.37. The molecule has 26 heavy (non-hydrogen) atoms. The topological polar surface area (TPSA) is 102 Å². The second kappa shape index (κ2) is 6.48. The molecule has 1 amide bonds. The van der Waals surface area contributed by atoms with Gasteiger partial charge in [-0.2, -0.15) is 0 Å². The molecule has 0 bridgehead atoms. The molecule has 1 aliphatic carbocycles. The van der Waals surface area contributed by atoms with E-state index < -0.39 is 0 Å². The van der Waals surface area contributed by atoms with Gasteiger partial charge in [0.2, 0.25) is 5.91 Å². The number of rotatable bonds is 2. The average molecular weight is 356 g/mol. The highest BCUT2D eigenvalue weighted by Gasteiger charge is 2.42. The van der Waals surface area contributed by atoms with E-state index >= 15 is 0 Å². The maximum absolute atomic E-state index is 13.0. The molecule has 3 unspecified atom stereocenters. The first-order chi connectivity index (χ1) is 12.8. The fraction of sp³-hybridized carbons (Fsp3) is 0.647. The van der Waals surface area contributed by atoms with Gasteiger partial charge in [-0.3, -0.25) is 10.2 Å². The van der Waals surface area contributed by atoms with Crippen LogP contribution in [0.4, 0.5) is 5.82 Å². The molecule has 0 spiro atoms. The predicted molar refractivity (Wildman–Crippen MR) is 96.3 cm³/mol. The van der Waals surface area contributed by atoms with E-state index in [1.807, 2.05) is 4.90 Å². The van der Waals surface area contributed by atoms with Gasteiger partial charge in [-0.1, -0.05) is 12.8 Å². The lowest BCUT2D eigenvalue weighted by atomic mass is 9.81. The number of carbonyl (C=O) groups excluding carboxylic acids is 1. The number of H-pyrrole nitrogens is 1. The van der Waals surface area contributed by atoms with E-state index in [0.29, 0.717) is 30.7 Å². The number of amides is 1. The van der Waals surface area contributed by atoms with Gasteiger partial charge in [-0.15, -0.1) is 0 Å². The Morgan fingerprint density at radius 1 is 1.04 bits per heavy atom. The van der Waals surface area contributed by atoms with Crippen LogP contribution >= 0.6 is 0 Å². The molecule has 138 valence electrons. The minimum Gasteiger partial charge on any atom is -0.351 e. The third kappa shape index (κ3) is 2.62. The molecule has 2 aliphatic heterocycles. The molecule has 9 nitrogen and oxygen atoms in total. The smallest absolute Gasteiger partial charge is 0.241 e. The SMILES string of the molecule is O=C(C1NNC2CCCCC21)N1CCN(c2ncnc3nc[nH]c23)CC1. The van der Waals surface area contributed by atoms with Crippen LogP contribution in [0.3, 0.4) is 0 Å². The van der Waals surface area contributed by atoms with Crippen molar-refractivity contribution in [1.82, 2.24) is 35.7 Å². The number of aromatic amines is 1. The van der Waals surface area contributed by atoms with E-state index in [4.69, 9.17) is 0 Å². The maximum atomic E-state index is 13.0. The van der Waals surface area contributed by atoms with Gasteiger partial charge in [-0.25, -0.2) is 20.4 Å². The Bertz CT molecular complexity index is 799. The molecule has 2 aromatic rings. The Kier molecular flexibility index (Phi) is 3.97. The van der Waals surface area contributed by atoms with E-state index in [2.05, 4.69) is 35.7 Å². The molecular weight excluding hydrogens is 332 g/mol. The van der Waals surface area contributed by atoms with Crippen molar-refractivity contribution in [1.29, 1.82) is 0 Å². The predicted octanol–water partition coefficient (Wildman–Crippen LogP) is 0.0367. The van der Waals surface area contributed by atoms with Crippen LogP contribution in [0.2, 0.25) is 0 Å². The minimum atomic E-state index is -0.0785. The van der Waals surface area contributed by atoms with Gasteiger partial charge in [-0.05, 0) is 12.8 Å². The highest BCUT2D eigenvalue weighted by Crippen LogP contribution is 2.31. The summed E-state index contributed by atoms with van der Waals surface area (Å²) in [7, 11) is 0. The zero-order valence-electron chi connectivity index (χ0n) is 14.7. The third-order valence-electron chi connectivity index (χ3n) is 6.03. The molecule has 2 aromatic heterocycles. The van der Waals surface area contributed by atoms with Crippen molar-refractivity contribution in [3.8, 4) is 0 Å². The number of carbonyl (C=O) groups is 1. The summed E-state index contributed by atoms with van der Waals surface area (Å²) in [6, 6.07) is 0.374. The summed E-state index contributed by atoms with van der Waals surface area (Å²) in [4.78, 5) is 33.1. The van der Waals surface area contributed by atoms with Crippen LogP contribution in [0.1, 0.15) is 25.7 Å². The Balaban J connectivity index is 1.26. The summed E-state index contributed by atoms with van der Waals surface area (Å²) in [6.07, 6.45) is 7.99. The Hall–Kier alpha value is -2.26. The standard InChI is InChI=1S/C17H24N8O/c26-17(13-11-3-1-2-4-12(11)22-23-13)25-7-5-24(6-8-25)16-14-15(19-9-18-14)20-10-21-16/h9-13,22-23H,1-8H2,(H,18,19,20,21). The summed E-state index contributed by atoms with van der Waals surface area (Å²) in [6.45, 7) is 2.97.